The van der Waals surface area contributed by atoms with Crippen LogP contribution in [0.2, 0.25) is 0 Å². The molecule has 5 fully saturated rings. The van der Waals surface area contributed by atoms with Crippen molar-refractivity contribution in [2.24, 2.45) is 68.0 Å². The summed E-state index contributed by atoms with van der Waals surface area (Å²) < 4.78 is 0. The van der Waals surface area contributed by atoms with Gasteiger partial charge in [0.15, 0.2) is 0 Å². The van der Waals surface area contributed by atoms with E-state index in [2.05, 4.69) is 62.3 Å². The smallest absolute Gasteiger partial charge is 0.0459 e. The second-order valence-corrected chi connectivity index (χ2v) is 16.0. The van der Waals surface area contributed by atoms with Crippen molar-refractivity contribution in [2.75, 3.05) is 6.61 Å². The van der Waals surface area contributed by atoms with E-state index < -0.39 is 0 Å². The summed E-state index contributed by atoms with van der Waals surface area (Å²) in [5.41, 5.74) is 2.84. The SMILES string of the molecule is CC(CO)C1CC[C@]2(C)[C@H]3CC[C@@H]4[C@@]5(C)CCC(C)C(C)(C)[C@@H]5CC[C@@]4(C)[C@]3(C)CCC12C. The predicted molar refractivity (Wildman–Crippen MR) is 140 cm³/mol. The van der Waals surface area contributed by atoms with Crippen molar-refractivity contribution < 1.29 is 5.11 Å². The fourth-order valence-corrected chi connectivity index (χ4v) is 12.7. The molecule has 11 atom stereocenters. The van der Waals surface area contributed by atoms with E-state index in [1.54, 1.807) is 0 Å². The Morgan fingerprint density at radius 3 is 1.85 bits per heavy atom. The second kappa shape index (κ2) is 7.26. The van der Waals surface area contributed by atoms with Crippen LogP contribution in [-0.4, -0.2) is 11.7 Å². The summed E-state index contributed by atoms with van der Waals surface area (Å²) in [6.07, 6.45) is 14.3. The van der Waals surface area contributed by atoms with Gasteiger partial charge in [-0.25, -0.2) is 0 Å². The number of aliphatic hydroxyl groups is 1. The van der Waals surface area contributed by atoms with Gasteiger partial charge in [-0.3, -0.25) is 0 Å². The van der Waals surface area contributed by atoms with Crippen LogP contribution < -0.4 is 0 Å². The Labute approximate surface area is 206 Å². The molecule has 0 aromatic rings. The molecule has 1 N–H and O–H groups in total. The molecule has 0 bridgehead atoms. The van der Waals surface area contributed by atoms with Gasteiger partial charge in [0, 0.05) is 6.61 Å². The third-order valence-electron chi connectivity index (χ3n) is 15.4. The van der Waals surface area contributed by atoms with Gasteiger partial charge < -0.3 is 5.11 Å². The van der Waals surface area contributed by atoms with Gasteiger partial charge in [0.1, 0.15) is 0 Å². The number of hydrogen-bond acceptors (Lipinski definition) is 1. The Morgan fingerprint density at radius 2 is 1.18 bits per heavy atom. The molecule has 0 saturated heterocycles. The molecular weight excluding hydrogens is 400 g/mol. The van der Waals surface area contributed by atoms with Crippen LogP contribution >= 0.6 is 0 Å². The Bertz CT molecular complexity index is 785. The van der Waals surface area contributed by atoms with Crippen molar-refractivity contribution >= 4 is 0 Å². The number of aliphatic hydroxyl groups excluding tert-OH is 1. The van der Waals surface area contributed by atoms with Gasteiger partial charge in [-0.05, 0) is 132 Å². The summed E-state index contributed by atoms with van der Waals surface area (Å²) in [4.78, 5) is 0. The maximum atomic E-state index is 10.1. The molecule has 5 saturated carbocycles. The van der Waals surface area contributed by atoms with Crippen LogP contribution in [0.5, 0.6) is 0 Å². The zero-order valence-corrected chi connectivity index (χ0v) is 23.7. The number of rotatable bonds is 2. The summed E-state index contributed by atoms with van der Waals surface area (Å²) in [5, 5.41) is 10.1. The van der Waals surface area contributed by atoms with Crippen LogP contribution in [0.25, 0.3) is 0 Å². The van der Waals surface area contributed by atoms with Crippen LogP contribution in [0.3, 0.4) is 0 Å². The third-order valence-corrected chi connectivity index (χ3v) is 15.4. The summed E-state index contributed by atoms with van der Waals surface area (Å²) in [7, 11) is 0. The lowest BCUT2D eigenvalue weighted by atomic mass is 9.30. The first kappa shape index (κ1) is 24.6. The van der Waals surface area contributed by atoms with Gasteiger partial charge >= 0.3 is 0 Å². The fourth-order valence-electron chi connectivity index (χ4n) is 12.7. The standard InChI is InChI=1S/C32H56O/c1-21(20-33)23-13-16-31(8)26-11-10-25-28(5)15-12-22(2)27(3,4)24(28)14-17-30(25,7)32(26,9)19-18-29(23,31)6/h21-26,33H,10-20H2,1-9H3/t21?,22?,23?,24-,25+,26+,28-,29?,30+,31+,32+/m0/s1. The lowest BCUT2D eigenvalue weighted by Crippen LogP contribution is -2.67. The van der Waals surface area contributed by atoms with Gasteiger partial charge in [-0.15, -0.1) is 0 Å². The molecule has 190 valence electrons. The maximum Gasteiger partial charge on any atom is 0.0459 e. The zero-order valence-electron chi connectivity index (χ0n) is 23.7. The molecule has 1 heteroatoms. The molecule has 5 aliphatic carbocycles. The second-order valence-electron chi connectivity index (χ2n) is 16.0. The topological polar surface area (TPSA) is 20.2 Å². The van der Waals surface area contributed by atoms with E-state index in [9.17, 15) is 5.11 Å². The van der Waals surface area contributed by atoms with Gasteiger partial charge in [0.05, 0.1) is 0 Å². The number of fused-ring (bicyclic) bond motifs is 7. The van der Waals surface area contributed by atoms with E-state index in [1.807, 2.05) is 0 Å². The van der Waals surface area contributed by atoms with Gasteiger partial charge in [-0.2, -0.15) is 0 Å². The van der Waals surface area contributed by atoms with Crippen LogP contribution in [0.1, 0.15) is 127 Å². The Balaban J connectivity index is 1.53. The number of hydrogen-bond donors (Lipinski definition) is 1. The van der Waals surface area contributed by atoms with Crippen LogP contribution in [0, 0.1) is 68.0 Å². The highest BCUT2D eigenvalue weighted by Crippen LogP contribution is 2.80. The molecule has 4 unspecified atom stereocenters. The van der Waals surface area contributed by atoms with Crippen molar-refractivity contribution in [1.29, 1.82) is 0 Å². The van der Waals surface area contributed by atoms with Gasteiger partial charge in [-0.1, -0.05) is 62.3 Å². The van der Waals surface area contributed by atoms with Crippen molar-refractivity contribution in [3.05, 3.63) is 0 Å². The summed E-state index contributed by atoms with van der Waals surface area (Å²) in [6.45, 7) is 24.1. The van der Waals surface area contributed by atoms with Crippen LogP contribution in [0.4, 0.5) is 0 Å². The molecule has 0 aromatic carbocycles. The largest absolute Gasteiger partial charge is 0.396 e. The van der Waals surface area contributed by atoms with E-state index >= 15 is 0 Å². The van der Waals surface area contributed by atoms with E-state index in [-0.39, 0.29) is 0 Å². The minimum atomic E-state index is 0.367. The van der Waals surface area contributed by atoms with Crippen molar-refractivity contribution in [3.8, 4) is 0 Å². The van der Waals surface area contributed by atoms with Crippen LogP contribution in [-0.2, 0) is 0 Å². The average Bonchev–Trinajstić information content (AvgIpc) is 3.03. The normalized spacial score (nSPS) is 58.5. The lowest BCUT2D eigenvalue weighted by Gasteiger charge is -2.74. The van der Waals surface area contributed by atoms with E-state index in [4.69, 9.17) is 0 Å². The van der Waals surface area contributed by atoms with Crippen LogP contribution in [0.15, 0.2) is 0 Å². The highest BCUT2D eigenvalue weighted by molar-refractivity contribution is 5.21. The zero-order chi connectivity index (χ0) is 24.2. The Hall–Kier alpha value is -0.0400. The van der Waals surface area contributed by atoms with E-state index in [1.165, 1.54) is 64.2 Å². The summed E-state index contributed by atoms with van der Waals surface area (Å²) in [5.74, 6) is 4.68. The lowest BCUT2D eigenvalue weighted by molar-refractivity contribution is -0.258. The molecule has 0 aliphatic heterocycles. The first-order valence-electron chi connectivity index (χ1n) is 14.8. The summed E-state index contributed by atoms with van der Waals surface area (Å²) >= 11 is 0. The van der Waals surface area contributed by atoms with E-state index in [0.29, 0.717) is 50.9 Å². The van der Waals surface area contributed by atoms with Gasteiger partial charge in [0.2, 0.25) is 0 Å². The first-order valence-corrected chi connectivity index (χ1v) is 14.8. The molecule has 1 nitrogen and oxygen atoms in total. The third kappa shape index (κ3) is 2.76. The highest BCUT2D eigenvalue weighted by Gasteiger charge is 2.72. The molecule has 5 aliphatic rings. The summed E-state index contributed by atoms with van der Waals surface area (Å²) in [6, 6.07) is 0. The molecule has 0 aromatic heterocycles. The Morgan fingerprint density at radius 1 is 0.636 bits per heavy atom. The van der Waals surface area contributed by atoms with Gasteiger partial charge in [0.25, 0.3) is 0 Å². The first-order chi connectivity index (χ1) is 15.2. The molecule has 0 radical (unpaired) electrons. The minimum Gasteiger partial charge on any atom is -0.396 e. The van der Waals surface area contributed by atoms with Crippen molar-refractivity contribution in [3.63, 3.8) is 0 Å². The molecule has 0 heterocycles. The molecule has 33 heavy (non-hydrogen) atoms. The fraction of sp³-hybridized carbons (Fsp3) is 1.00. The Kier molecular flexibility index (Phi) is 5.42. The van der Waals surface area contributed by atoms with Crippen molar-refractivity contribution in [2.45, 2.75) is 127 Å². The monoisotopic (exact) mass is 456 g/mol. The van der Waals surface area contributed by atoms with Crippen molar-refractivity contribution in [1.82, 2.24) is 0 Å². The van der Waals surface area contributed by atoms with E-state index in [0.717, 1.165) is 23.7 Å². The maximum absolute atomic E-state index is 10.1. The molecule has 0 spiro atoms. The molecule has 5 rings (SSSR count). The molecular formula is C32H56O. The highest BCUT2D eigenvalue weighted by atomic mass is 16.3. The molecule has 0 amide bonds. The minimum absolute atomic E-state index is 0.367. The predicted octanol–water partition coefficient (Wildman–Crippen LogP) is 8.74. The quantitative estimate of drug-likeness (QED) is 0.440. The average molecular weight is 457 g/mol.